The molecular formula is C22H22N4O3. The third kappa shape index (κ3) is 3.71. The highest BCUT2D eigenvalue weighted by Crippen LogP contribution is 2.24. The maximum atomic E-state index is 12.4. The molecule has 2 aromatic rings. The van der Waals surface area contributed by atoms with E-state index in [1.807, 2.05) is 41.1 Å². The number of allylic oxidation sites excluding steroid dienone is 1. The van der Waals surface area contributed by atoms with Crippen molar-refractivity contribution in [1.29, 1.82) is 5.41 Å². The van der Waals surface area contributed by atoms with Crippen molar-refractivity contribution in [3.63, 3.8) is 0 Å². The standard InChI is InChI=1S/C22H22N4O3/c1-3-16-7-4-5-9-19(16)28-12-11-25-10-6-8-17(25)14-18-21(23)26-20(24-22(18)27)13-15(2)29-26/h4-10,13-14,23H,3,11-12H2,1-2H3/b18-14+,23-21?. The highest BCUT2D eigenvalue weighted by atomic mass is 16.7. The Morgan fingerprint density at radius 3 is 2.90 bits per heavy atom. The molecule has 7 heteroatoms. The monoisotopic (exact) mass is 390 g/mol. The molecular weight excluding hydrogens is 368 g/mol. The average Bonchev–Trinajstić information content (AvgIpc) is 3.31. The Morgan fingerprint density at radius 2 is 2.07 bits per heavy atom. The van der Waals surface area contributed by atoms with Crippen molar-refractivity contribution >= 4 is 23.7 Å². The number of nitrogens with one attached hydrogen (secondary N) is 1. The number of amidine groups is 2. The predicted molar refractivity (Wildman–Crippen MR) is 111 cm³/mol. The van der Waals surface area contributed by atoms with Gasteiger partial charge < -0.3 is 14.1 Å². The Hall–Kier alpha value is -3.61. The normalized spacial score (nSPS) is 17.2. The highest BCUT2D eigenvalue weighted by molar-refractivity contribution is 6.32. The number of para-hydroxylation sites is 1. The van der Waals surface area contributed by atoms with E-state index in [1.165, 1.54) is 10.6 Å². The number of hydrogen-bond donors (Lipinski definition) is 1. The fourth-order valence-electron chi connectivity index (χ4n) is 3.30. The Bertz CT molecular complexity index is 1060. The summed E-state index contributed by atoms with van der Waals surface area (Å²) in [4.78, 5) is 21.9. The van der Waals surface area contributed by atoms with Crippen LogP contribution in [-0.2, 0) is 22.6 Å². The molecule has 0 saturated heterocycles. The maximum absolute atomic E-state index is 12.4. The Morgan fingerprint density at radius 1 is 1.24 bits per heavy atom. The molecule has 0 bridgehead atoms. The molecule has 29 heavy (non-hydrogen) atoms. The summed E-state index contributed by atoms with van der Waals surface area (Å²) in [5, 5.41) is 9.59. The fourth-order valence-corrected chi connectivity index (χ4v) is 3.30. The van der Waals surface area contributed by atoms with Crippen molar-refractivity contribution in [1.82, 2.24) is 9.63 Å². The first kappa shape index (κ1) is 18.7. The number of hydrogen-bond acceptors (Lipinski definition) is 4. The first-order chi connectivity index (χ1) is 14.1. The summed E-state index contributed by atoms with van der Waals surface area (Å²) in [6, 6.07) is 11.8. The molecule has 2 aliphatic heterocycles. The van der Waals surface area contributed by atoms with Crippen LogP contribution in [0.4, 0.5) is 0 Å². The summed E-state index contributed by atoms with van der Waals surface area (Å²) in [5.74, 6) is 1.36. The van der Waals surface area contributed by atoms with E-state index in [4.69, 9.17) is 15.0 Å². The number of benzene rings is 1. The van der Waals surface area contributed by atoms with E-state index >= 15 is 0 Å². The molecule has 2 aliphatic rings. The molecule has 0 atom stereocenters. The van der Waals surface area contributed by atoms with Crippen molar-refractivity contribution in [3.8, 4) is 5.75 Å². The lowest BCUT2D eigenvalue weighted by molar-refractivity contribution is -0.114. The molecule has 0 aliphatic carbocycles. The second kappa shape index (κ2) is 7.79. The fraction of sp³-hybridized carbons (Fsp3) is 0.227. The molecule has 7 nitrogen and oxygen atoms in total. The van der Waals surface area contributed by atoms with E-state index in [1.54, 1.807) is 19.1 Å². The molecule has 148 valence electrons. The molecule has 1 N–H and O–H groups in total. The van der Waals surface area contributed by atoms with E-state index in [0.717, 1.165) is 17.9 Å². The van der Waals surface area contributed by atoms with Gasteiger partial charge in [0.05, 0.1) is 12.1 Å². The average molecular weight is 390 g/mol. The Balaban J connectivity index is 1.48. The van der Waals surface area contributed by atoms with Gasteiger partial charge in [0.15, 0.2) is 11.7 Å². The molecule has 0 fully saturated rings. The number of amides is 1. The van der Waals surface area contributed by atoms with Gasteiger partial charge in [-0.1, -0.05) is 25.1 Å². The van der Waals surface area contributed by atoms with Gasteiger partial charge in [-0.05, 0) is 43.2 Å². The van der Waals surface area contributed by atoms with E-state index < -0.39 is 5.91 Å². The zero-order valence-corrected chi connectivity index (χ0v) is 16.4. The van der Waals surface area contributed by atoms with Crippen molar-refractivity contribution < 1.29 is 14.4 Å². The van der Waals surface area contributed by atoms with E-state index in [9.17, 15) is 4.79 Å². The van der Waals surface area contributed by atoms with Crippen LogP contribution in [0.3, 0.4) is 0 Å². The first-order valence-electron chi connectivity index (χ1n) is 9.52. The van der Waals surface area contributed by atoms with Gasteiger partial charge in [-0.15, -0.1) is 5.06 Å². The second-order valence-electron chi connectivity index (χ2n) is 6.76. The van der Waals surface area contributed by atoms with Crippen molar-refractivity contribution in [3.05, 3.63) is 71.3 Å². The summed E-state index contributed by atoms with van der Waals surface area (Å²) in [6.45, 7) is 4.96. The summed E-state index contributed by atoms with van der Waals surface area (Å²) in [5.41, 5.74) is 2.16. The predicted octanol–water partition coefficient (Wildman–Crippen LogP) is 3.58. The van der Waals surface area contributed by atoms with Crippen LogP contribution in [0.2, 0.25) is 0 Å². The quantitative estimate of drug-likeness (QED) is 0.765. The highest BCUT2D eigenvalue weighted by Gasteiger charge is 2.34. The molecule has 0 saturated carbocycles. The number of carbonyl (C=O) groups is 1. The zero-order chi connectivity index (χ0) is 20.4. The number of rotatable bonds is 6. The molecule has 1 aromatic carbocycles. The number of ether oxygens (including phenoxy) is 1. The third-order valence-electron chi connectivity index (χ3n) is 4.78. The summed E-state index contributed by atoms with van der Waals surface area (Å²) < 4.78 is 7.93. The van der Waals surface area contributed by atoms with E-state index in [-0.39, 0.29) is 11.4 Å². The lowest BCUT2D eigenvalue weighted by Crippen LogP contribution is -2.38. The van der Waals surface area contributed by atoms with E-state index in [2.05, 4.69) is 18.0 Å². The minimum atomic E-state index is -0.448. The molecule has 1 aromatic heterocycles. The SMILES string of the molecule is CCc1ccccc1OCCn1cccc1/C=C1\C(=N)N2OC(C)=CC2=NC1=O. The van der Waals surface area contributed by atoms with Crippen molar-refractivity contribution in [2.24, 2.45) is 4.99 Å². The molecule has 0 spiro atoms. The summed E-state index contributed by atoms with van der Waals surface area (Å²) in [7, 11) is 0. The molecule has 0 radical (unpaired) electrons. The van der Waals surface area contributed by atoms with Crippen LogP contribution < -0.4 is 4.74 Å². The number of aryl methyl sites for hydroxylation is 1. The number of aromatic nitrogens is 1. The lowest BCUT2D eigenvalue weighted by atomic mass is 10.1. The van der Waals surface area contributed by atoms with Gasteiger partial charge in [-0.2, -0.15) is 4.99 Å². The van der Waals surface area contributed by atoms with Crippen LogP contribution in [0.15, 0.2) is 65.0 Å². The van der Waals surface area contributed by atoms with Gasteiger partial charge in [0.25, 0.3) is 5.91 Å². The minimum absolute atomic E-state index is 0.0195. The van der Waals surface area contributed by atoms with Crippen LogP contribution in [0, 0.1) is 5.41 Å². The number of hydroxylamine groups is 2. The number of aliphatic imine (C=N–C) groups is 1. The number of carbonyl (C=O) groups excluding carboxylic acids is 1. The molecule has 3 heterocycles. The number of fused-ring (bicyclic) bond motifs is 1. The van der Waals surface area contributed by atoms with Crippen molar-refractivity contribution in [2.45, 2.75) is 26.8 Å². The minimum Gasteiger partial charge on any atom is -0.491 e. The van der Waals surface area contributed by atoms with Crippen LogP contribution in [-0.4, -0.2) is 33.8 Å². The van der Waals surface area contributed by atoms with Crippen LogP contribution in [0.5, 0.6) is 5.75 Å². The Labute approximate surface area is 169 Å². The molecule has 4 rings (SSSR count). The first-order valence-corrected chi connectivity index (χ1v) is 9.52. The van der Waals surface area contributed by atoms with Gasteiger partial charge in [0.1, 0.15) is 18.1 Å². The largest absolute Gasteiger partial charge is 0.491 e. The smallest absolute Gasteiger partial charge is 0.283 e. The van der Waals surface area contributed by atoms with Gasteiger partial charge in [-0.25, -0.2) is 0 Å². The van der Waals surface area contributed by atoms with Gasteiger partial charge in [-0.3, -0.25) is 10.2 Å². The van der Waals surface area contributed by atoms with Gasteiger partial charge >= 0.3 is 0 Å². The topological polar surface area (TPSA) is 79.9 Å². The van der Waals surface area contributed by atoms with Crippen LogP contribution >= 0.6 is 0 Å². The lowest BCUT2D eigenvalue weighted by Gasteiger charge is -2.23. The van der Waals surface area contributed by atoms with E-state index in [0.29, 0.717) is 24.7 Å². The molecule has 1 amide bonds. The maximum Gasteiger partial charge on any atom is 0.283 e. The van der Waals surface area contributed by atoms with Crippen LogP contribution in [0.1, 0.15) is 25.1 Å². The number of nitrogens with zero attached hydrogens (tertiary/aromatic N) is 3. The zero-order valence-electron chi connectivity index (χ0n) is 16.4. The van der Waals surface area contributed by atoms with Gasteiger partial charge in [0.2, 0.25) is 0 Å². The van der Waals surface area contributed by atoms with Crippen LogP contribution in [0.25, 0.3) is 6.08 Å². The Kier molecular flexibility index (Phi) is 5.03. The van der Waals surface area contributed by atoms with Crippen molar-refractivity contribution in [2.75, 3.05) is 6.61 Å². The van der Waals surface area contributed by atoms with Gasteiger partial charge in [0, 0.05) is 18.0 Å². The summed E-state index contributed by atoms with van der Waals surface area (Å²) >= 11 is 0. The summed E-state index contributed by atoms with van der Waals surface area (Å²) in [6.07, 6.45) is 6.14. The second-order valence-corrected chi connectivity index (χ2v) is 6.76. The third-order valence-corrected chi connectivity index (χ3v) is 4.78. The molecule has 0 unspecified atom stereocenters.